The van der Waals surface area contributed by atoms with E-state index in [4.69, 9.17) is 10.2 Å². The third-order valence-electron chi connectivity index (χ3n) is 1.61. The largest absolute Gasteiger partial charge is 0.480 e. The molecule has 0 radical (unpaired) electrons. The molecule has 7 nitrogen and oxygen atoms in total. The number of aromatic nitrogens is 2. The number of hydrogen-bond donors (Lipinski definition) is 3. The Morgan fingerprint density at radius 1 is 1.60 bits per heavy atom. The number of carboxylic acids is 1. The SMILES string of the molecule is O=C(NC(CCO)C(=O)O)c1csnn1. The number of aliphatic hydroxyl groups excluding tert-OH is 1. The van der Waals surface area contributed by atoms with Crippen molar-refractivity contribution < 1.29 is 19.8 Å². The monoisotopic (exact) mass is 231 g/mol. The minimum absolute atomic E-state index is 0.0430. The second kappa shape index (κ2) is 5.37. The summed E-state index contributed by atoms with van der Waals surface area (Å²) in [5.74, 6) is -1.80. The van der Waals surface area contributed by atoms with E-state index >= 15 is 0 Å². The number of amides is 1. The van der Waals surface area contributed by atoms with Gasteiger partial charge in [0.1, 0.15) is 6.04 Å². The van der Waals surface area contributed by atoms with E-state index in [2.05, 4.69) is 14.9 Å². The summed E-state index contributed by atoms with van der Waals surface area (Å²) in [6.45, 7) is -0.313. The molecule has 0 saturated heterocycles. The second-order valence-electron chi connectivity index (χ2n) is 2.67. The van der Waals surface area contributed by atoms with Gasteiger partial charge in [-0.05, 0) is 11.5 Å². The molecule has 1 aromatic rings. The fraction of sp³-hybridized carbons (Fsp3) is 0.429. The van der Waals surface area contributed by atoms with E-state index in [0.29, 0.717) is 0 Å². The predicted octanol–water partition coefficient (Wildman–Crippen LogP) is -0.897. The molecule has 0 aliphatic heterocycles. The topological polar surface area (TPSA) is 112 Å². The van der Waals surface area contributed by atoms with Crippen molar-refractivity contribution in [3.8, 4) is 0 Å². The summed E-state index contributed by atoms with van der Waals surface area (Å²) in [6, 6.07) is -1.11. The van der Waals surface area contributed by atoms with Crippen LogP contribution in [0, 0.1) is 0 Å². The van der Waals surface area contributed by atoms with Crippen LogP contribution in [0.5, 0.6) is 0 Å². The summed E-state index contributed by atoms with van der Waals surface area (Å²) < 4.78 is 3.48. The molecule has 0 bridgehead atoms. The van der Waals surface area contributed by atoms with Crippen LogP contribution in [0.25, 0.3) is 0 Å². The van der Waals surface area contributed by atoms with Crippen LogP contribution < -0.4 is 5.32 Å². The minimum atomic E-state index is -1.19. The molecular formula is C7H9N3O4S. The number of nitrogens with zero attached hydrogens (tertiary/aromatic N) is 2. The van der Waals surface area contributed by atoms with Crippen LogP contribution in [0.3, 0.4) is 0 Å². The number of carboxylic acid groups (broad SMARTS) is 1. The molecule has 1 amide bonds. The summed E-state index contributed by atoms with van der Waals surface area (Å²) in [6.07, 6.45) is -0.0430. The highest BCUT2D eigenvalue weighted by Gasteiger charge is 2.20. The predicted molar refractivity (Wildman–Crippen MR) is 50.5 cm³/mol. The molecule has 1 atom stereocenters. The van der Waals surface area contributed by atoms with Crippen LogP contribution in [-0.2, 0) is 4.79 Å². The first-order chi connectivity index (χ1) is 7.15. The molecule has 3 N–H and O–H groups in total. The number of carbonyl (C=O) groups excluding carboxylic acids is 1. The second-order valence-corrected chi connectivity index (χ2v) is 3.28. The van der Waals surface area contributed by atoms with Crippen molar-refractivity contribution in [1.29, 1.82) is 0 Å². The Labute approximate surface area is 88.9 Å². The highest BCUT2D eigenvalue weighted by atomic mass is 32.1. The van der Waals surface area contributed by atoms with Crippen molar-refractivity contribution in [3.63, 3.8) is 0 Å². The number of aliphatic carboxylic acids is 1. The maximum absolute atomic E-state index is 11.3. The van der Waals surface area contributed by atoms with Crippen LogP contribution >= 0.6 is 11.5 Å². The Morgan fingerprint density at radius 2 is 2.33 bits per heavy atom. The van der Waals surface area contributed by atoms with Crippen LogP contribution in [0.15, 0.2) is 5.38 Å². The number of nitrogens with one attached hydrogen (secondary N) is 1. The molecule has 15 heavy (non-hydrogen) atoms. The molecule has 1 unspecified atom stereocenters. The van der Waals surface area contributed by atoms with Gasteiger partial charge in [-0.3, -0.25) is 4.79 Å². The van der Waals surface area contributed by atoms with Crippen LogP contribution in [-0.4, -0.2) is 44.3 Å². The first-order valence-corrected chi connectivity index (χ1v) is 4.90. The van der Waals surface area contributed by atoms with Crippen molar-refractivity contribution in [2.45, 2.75) is 12.5 Å². The molecule has 8 heteroatoms. The van der Waals surface area contributed by atoms with E-state index < -0.39 is 17.9 Å². The number of carbonyl (C=O) groups is 2. The average Bonchev–Trinajstić information content (AvgIpc) is 2.69. The standard InChI is InChI=1S/C7H9N3O4S/c11-2-1-4(7(13)14)8-6(12)5-3-15-10-9-5/h3-4,11H,1-2H2,(H,8,12)(H,13,14). The van der Waals surface area contributed by atoms with Crippen LogP contribution in [0.4, 0.5) is 0 Å². The summed E-state index contributed by atoms with van der Waals surface area (Å²) in [4.78, 5) is 22.0. The average molecular weight is 231 g/mol. The normalized spacial score (nSPS) is 12.1. The Morgan fingerprint density at radius 3 is 2.80 bits per heavy atom. The lowest BCUT2D eigenvalue weighted by molar-refractivity contribution is -0.139. The lowest BCUT2D eigenvalue weighted by Crippen LogP contribution is -2.41. The van der Waals surface area contributed by atoms with Crippen LogP contribution in [0.1, 0.15) is 16.9 Å². The molecule has 82 valence electrons. The molecule has 0 saturated carbocycles. The third-order valence-corrected chi connectivity index (χ3v) is 2.12. The molecular weight excluding hydrogens is 222 g/mol. The molecule has 0 aliphatic carbocycles. The van der Waals surface area contributed by atoms with Gasteiger partial charge < -0.3 is 15.5 Å². The van der Waals surface area contributed by atoms with E-state index in [9.17, 15) is 9.59 Å². The summed E-state index contributed by atoms with van der Waals surface area (Å²) in [5.41, 5.74) is 0.0733. The highest BCUT2D eigenvalue weighted by Crippen LogP contribution is 1.99. The van der Waals surface area contributed by atoms with Gasteiger partial charge in [0.2, 0.25) is 0 Å². The van der Waals surface area contributed by atoms with Gasteiger partial charge in [0.05, 0.1) is 0 Å². The summed E-state index contributed by atoms with van der Waals surface area (Å²) in [7, 11) is 0. The lowest BCUT2D eigenvalue weighted by Gasteiger charge is -2.11. The number of aliphatic hydroxyl groups is 1. The van der Waals surface area contributed by atoms with Gasteiger partial charge in [-0.25, -0.2) is 4.79 Å². The van der Waals surface area contributed by atoms with Crippen molar-refractivity contribution >= 4 is 23.4 Å². The molecule has 1 rings (SSSR count). The van der Waals surface area contributed by atoms with Gasteiger partial charge in [0.15, 0.2) is 5.69 Å². The molecule has 0 aromatic carbocycles. The zero-order valence-corrected chi connectivity index (χ0v) is 8.40. The zero-order chi connectivity index (χ0) is 11.3. The van der Waals surface area contributed by atoms with Crippen LogP contribution in [0.2, 0.25) is 0 Å². The van der Waals surface area contributed by atoms with Gasteiger partial charge >= 0.3 is 5.97 Å². The van der Waals surface area contributed by atoms with Gasteiger partial charge in [-0.15, -0.1) is 5.10 Å². The lowest BCUT2D eigenvalue weighted by atomic mass is 10.2. The van der Waals surface area contributed by atoms with Crippen molar-refractivity contribution in [2.75, 3.05) is 6.61 Å². The Hall–Kier alpha value is -1.54. The molecule has 1 heterocycles. The van der Waals surface area contributed by atoms with Crippen molar-refractivity contribution in [2.24, 2.45) is 0 Å². The first kappa shape index (κ1) is 11.5. The molecule has 0 fully saturated rings. The molecule has 1 aromatic heterocycles. The fourth-order valence-corrected chi connectivity index (χ4v) is 1.32. The van der Waals surface area contributed by atoms with Gasteiger partial charge in [-0.2, -0.15) is 0 Å². The van der Waals surface area contributed by atoms with Gasteiger partial charge in [0, 0.05) is 18.4 Å². The fourth-order valence-electron chi connectivity index (χ4n) is 0.882. The van der Waals surface area contributed by atoms with Gasteiger partial charge in [0.25, 0.3) is 5.91 Å². The van der Waals surface area contributed by atoms with Crippen molar-refractivity contribution in [1.82, 2.24) is 14.9 Å². The van der Waals surface area contributed by atoms with E-state index in [1.807, 2.05) is 0 Å². The first-order valence-electron chi connectivity index (χ1n) is 4.06. The number of rotatable bonds is 5. The Bertz CT molecular complexity index is 340. The quantitative estimate of drug-likeness (QED) is 0.605. The highest BCUT2D eigenvalue weighted by molar-refractivity contribution is 7.03. The Balaban J connectivity index is 2.59. The maximum Gasteiger partial charge on any atom is 0.326 e. The Kier molecular flexibility index (Phi) is 4.13. The molecule has 0 aliphatic rings. The van der Waals surface area contributed by atoms with E-state index in [-0.39, 0.29) is 18.7 Å². The minimum Gasteiger partial charge on any atom is -0.480 e. The van der Waals surface area contributed by atoms with E-state index in [1.54, 1.807) is 0 Å². The van der Waals surface area contributed by atoms with Crippen molar-refractivity contribution in [3.05, 3.63) is 11.1 Å². The van der Waals surface area contributed by atoms with E-state index in [0.717, 1.165) is 11.5 Å². The third kappa shape index (κ3) is 3.26. The molecule has 0 spiro atoms. The smallest absolute Gasteiger partial charge is 0.326 e. The van der Waals surface area contributed by atoms with Gasteiger partial charge in [-0.1, -0.05) is 4.49 Å². The summed E-state index contributed by atoms with van der Waals surface area (Å²) >= 11 is 0.998. The summed E-state index contributed by atoms with van der Waals surface area (Å²) in [5, 5.41) is 24.4. The number of hydrogen-bond acceptors (Lipinski definition) is 6. The van der Waals surface area contributed by atoms with E-state index in [1.165, 1.54) is 5.38 Å². The maximum atomic E-state index is 11.3. The zero-order valence-electron chi connectivity index (χ0n) is 7.58.